The van der Waals surface area contributed by atoms with Crippen molar-refractivity contribution in [3.63, 3.8) is 0 Å². The van der Waals surface area contributed by atoms with E-state index in [4.69, 9.17) is 16.1 Å². The van der Waals surface area contributed by atoms with Crippen LogP contribution in [0.25, 0.3) is 16.9 Å². The Balaban J connectivity index is 1.44. The number of nitrogens with two attached hydrogens (primary N) is 1. The van der Waals surface area contributed by atoms with Crippen LogP contribution < -0.4 is 16.0 Å². The van der Waals surface area contributed by atoms with Gasteiger partial charge in [0.2, 0.25) is 0 Å². The Morgan fingerprint density at radius 2 is 2.03 bits per heavy atom. The largest absolute Gasteiger partial charge is 0.398 e. The SMILES string of the molecule is N=Cc1ccc(-c2cn3ccnc3c(Nc3ccc(N4CCC[C@H](O)C4)cc3)n2)cc1N. The fourth-order valence-corrected chi connectivity index (χ4v) is 4.10. The normalized spacial score (nSPS) is 16.3. The third-order valence-electron chi connectivity index (χ3n) is 5.80. The van der Waals surface area contributed by atoms with E-state index >= 15 is 0 Å². The van der Waals surface area contributed by atoms with Gasteiger partial charge in [0.25, 0.3) is 0 Å². The van der Waals surface area contributed by atoms with E-state index in [0.717, 1.165) is 47.7 Å². The molecule has 1 saturated heterocycles. The number of nitrogens with one attached hydrogen (secondary N) is 2. The van der Waals surface area contributed by atoms with Crippen molar-refractivity contribution in [3.05, 3.63) is 66.6 Å². The van der Waals surface area contributed by atoms with Gasteiger partial charge in [-0.3, -0.25) is 0 Å². The highest BCUT2D eigenvalue weighted by molar-refractivity contribution is 5.87. The Bertz CT molecular complexity index is 1270. The molecule has 0 amide bonds. The van der Waals surface area contributed by atoms with Crippen LogP contribution in [0.2, 0.25) is 0 Å². The van der Waals surface area contributed by atoms with Crippen LogP contribution in [-0.2, 0) is 0 Å². The number of benzene rings is 2. The summed E-state index contributed by atoms with van der Waals surface area (Å²) in [6, 6.07) is 13.7. The van der Waals surface area contributed by atoms with Crippen molar-refractivity contribution in [1.82, 2.24) is 14.4 Å². The zero-order chi connectivity index (χ0) is 22.1. The summed E-state index contributed by atoms with van der Waals surface area (Å²) in [5, 5.41) is 20.8. The van der Waals surface area contributed by atoms with E-state index in [0.29, 0.717) is 23.6 Å². The molecular weight excluding hydrogens is 402 g/mol. The number of hydrogen-bond donors (Lipinski definition) is 4. The average Bonchev–Trinajstić information content (AvgIpc) is 3.29. The summed E-state index contributed by atoms with van der Waals surface area (Å²) < 4.78 is 1.93. The first kappa shape index (κ1) is 20.0. The molecule has 8 nitrogen and oxygen atoms in total. The molecule has 0 unspecified atom stereocenters. The monoisotopic (exact) mass is 427 g/mol. The summed E-state index contributed by atoms with van der Waals surface area (Å²) in [6.45, 7) is 1.63. The number of nitrogen functional groups attached to an aromatic ring is 1. The zero-order valence-electron chi connectivity index (χ0n) is 17.6. The van der Waals surface area contributed by atoms with Gasteiger partial charge in [-0.1, -0.05) is 12.1 Å². The number of aliphatic hydroxyl groups excluding tert-OH is 1. The van der Waals surface area contributed by atoms with Gasteiger partial charge in [-0.25, -0.2) is 9.97 Å². The minimum absolute atomic E-state index is 0.260. The molecule has 5 rings (SSSR count). The predicted molar refractivity (Wildman–Crippen MR) is 128 cm³/mol. The highest BCUT2D eigenvalue weighted by Gasteiger charge is 2.18. The molecule has 8 heteroatoms. The lowest BCUT2D eigenvalue weighted by Crippen LogP contribution is -2.38. The van der Waals surface area contributed by atoms with Crippen LogP contribution in [0.5, 0.6) is 0 Å². The van der Waals surface area contributed by atoms with Gasteiger partial charge in [0, 0.05) is 66.1 Å². The van der Waals surface area contributed by atoms with Crippen LogP contribution in [0.3, 0.4) is 0 Å². The standard InChI is InChI=1S/C24H25N7O/c25-13-17-4-3-16(12-21(17)26)22-15-31-11-9-27-24(31)23(29-22)28-18-5-7-19(8-6-18)30-10-1-2-20(32)14-30/h3-9,11-13,15,20,25,32H,1-2,10,14,26H2,(H,28,29)/t20-/m0/s1. The van der Waals surface area contributed by atoms with Crippen LogP contribution in [0.15, 0.2) is 61.1 Å². The van der Waals surface area contributed by atoms with Gasteiger partial charge in [-0.05, 0) is 43.2 Å². The van der Waals surface area contributed by atoms with E-state index in [2.05, 4.69) is 27.3 Å². The second-order valence-electron chi connectivity index (χ2n) is 8.03. The smallest absolute Gasteiger partial charge is 0.180 e. The molecule has 1 aliphatic rings. The average molecular weight is 428 g/mol. The maximum Gasteiger partial charge on any atom is 0.180 e. The molecule has 32 heavy (non-hydrogen) atoms. The number of imidazole rings is 1. The van der Waals surface area contributed by atoms with Gasteiger partial charge in [0.05, 0.1) is 11.8 Å². The van der Waals surface area contributed by atoms with Gasteiger partial charge in [0.1, 0.15) is 0 Å². The van der Waals surface area contributed by atoms with Crippen LogP contribution in [-0.4, -0.2) is 44.9 Å². The highest BCUT2D eigenvalue weighted by Crippen LogP contribution is 2.28. The van der Waals surface area contributed by atoms with E-state index in [9.17, 15) is 5.11 Å². The third-order valence-corrected chi connectivity index (χ3v) is 5.80. The molecule has 0 aliphatic carbocycles. The second-order valence-corrected chi connectivity index (χ2v) is 8.03. The van der Waals surface area contributed by atoms with Gasteiger partial charge in [-0.2, -0.15) is 0 Å². The summed E-state index contributed by atoms with van der Waals surface area (Å²) in [7, 11) is 0. The van der Waals surface area contributed by atoms with Gasteiger partial charge in [0.15, 0.2) is 11.5 Å². The van der Waals surface area contributed by atoms with Crippen molar-refractivity contribution in [2.45, 2.75) is 18.9 Å². The highest BCUT2D eigenvalue weighted by atomic mass is 16.3. The maximum absolute atomic E-state index is 9.95. The van der Waals surface area contributed by atoms with Crippen LogP contribution in [0.4, 0.5) is 22.9 Å². The lowest BCUT2D eigenvalue weighted by molar-refractivity contribution is 0.154. The van der Waals surface area contributed by atoms with E-state index in [1.807, 2.05) is 47.1 Å². The Morgan fingerprint density at radius 3 is 2.78 bits per heavy atom. The van der Waals surface area contributed by atoms with E-state index in [1.54, 1.807) is 6.20 Å². The molecule has 5 N–H and O–H groups in total. The van der Waals surface area contributed by atoms with Gasteiger partial charge >= 0.3 is 0 Å². The van der Waals surface area contributed by atoms with Crippen molar-refractivity contribution in [1.29, 1.82) is 5.41 Å². The van der Waals surface area contributed by atoms with E-state index < -0.39 is 0 Å². The van der Waals surface area contributed by atoms with Crippen LogP contribution in [0.1, 0.15) is 18.4 Å². The molecule has 1 fully saturated rings. The number of rotatable bonds is 5. The van der Waals surface area contributed by atoms with Crippen molar-refractivity contribution in [3.8, 4) is 11.3 Å². The molecule has 1 aliphatic heterocycles. The summed E-state index contributed by atoms with van der Waals surface area (Å²) in [5.74, 6) is 0.642. The molecule has 162 valence electrons. The molecule has 3 heterocycles. The molecule has 0 spiro atoms. The fraction of sp³-hybridized carbons (Fsp3) is 0.208. The summed E-state index contributed by atoms with van der Waals surface area (Å²) in [6.07, 6.45) is 8.39. The Kier molecular flexibility index (Phi) is 5.20. The molecule has 0 saturated carbocycles. The number of aliphatic hydroxyl groups is 1. The topological polar surface area (TPSA) is 116 Å². The maximum atomic E-state index is 9.95. The Labute approximate surface area is 185 Å². The zero-order valence-corrected chi connectivity index (χ0v) is 17.6. The molecule has 0 radical (unpaired) electrons. The Morgan fingerprint density at radius 1 is 1.19 bits per heavy atom. The molecule has 4 aromatic rings. The molecule has 2 aromatic heterocycles. The van der Waals surface area contributed by atoms with Crippen molar-refractivity contribution in [2.24, 2.45) is 0 Å². The number of anilines is 4. The van der Waals surface area contributed by atoms with E-state index in [-0.39, 0.29) is 6.10 Å². The number of hydrogen-bond acceptors (Lipinski definition) is 7. The molecular formula is C24H25N7O. The minimum atomic E-state index is -0.260. The summed E-state index contributed by atoms with van der Waals surface area (Å²) in [4.78, 5) is 11.5. The van der Waals surface area contributed by atoms with E-state index in [1.165, 1.54) is 6.21 Å². The number of piperidine rings is 1. The van der Waals surface area contributed by atoms with Crippen molar-refractivity contribution in [2.75, 3.05) is 29.0 Å². The van der Waals surface area contributed by atoms with Crippen LogP contribution >= 0.6 is 0 Å². The lowest BCUT2D eigenvalue weighted by Gasteiger charge is -2.32. The number of nitrogens with zero attached hydrogens (tertiary/aromatic N) is 4. The number of aromatic nitrogens is 3. The Hall–Kier alpha value is -3.91. The summed E-state index contributed by atoms with van der Waals surface area (Å²) in [5.41, 5.74) is 11.6. The molecule has 0 bridgehead atoms. The van der Waals surface area contributed by atoms with Crippen LogP contribution in [0, 0.1) is 5.41 Å². The summed E-state index contributed by atoms with van der Waals surface area (Å²) >= 11 is 0. The number of fused-ring (bicyclic) bond motifs is 1. The predicted octanol–water partition coefficient (Wildman–Crippen LogP) is 3.68. The molecule has 1 atom stereocenters. The quantitative estimate of drug-likeness (QED) is 0.285. The fourth-order valence-electron chi connectivity index (χ4n) is 4.10. The second kappa shape index (κ2) is 8.32. The number of β-amino-alcohol motifs (C(OH)–C–C–N with tert-alkyl or cyclic N) is 1. The first-order valence-corrected chi connectivity index (χ1v) is 10.6. The first-order chi connectivity index (χ1) is 15.6. The van der Waals surface area contributed by atoms with Gasteiger partial charge in [-0.15, -0.1) is 0 Å². The lowest BCUT2D eigenvalue weighted by atomic mass is 10.1. The molecule has 2 aromatic carbocycles. The minimum Gasteiger partial charge on any atom is -0.398 e. The first-order valence-electron chi connectivity index (χ1n) is 10.6. The van der Waals surface area contributed by atoms with Crippen molar-refractivity contribution >= 4 is 34.7 Å². The third kappa shape index (κ3) is 3.88. The van der Waals surface area contributed by atoms with Gasteiger partial charge < -0.3 is 30.9 Å². The van der Waals surface area contributed by atoms with Crippen molar-refractivity contribution < 1.29 is 5.11 Å².